The summed E-state index contributed by atoms with van der Waals surface area (Å²) in [4.78, 5) is 2.35. The molecule has 15 heavy (non-hydrogen) atoms. The Morgan fingerprint density at radius 2 is 2.00 bits per heavy atom. The summed E-state index contributed by atoms with van der Waals surface area (Å²) < 4.78 is 0.865. The van der Waals surface area contributed by atoms with E-state index in [0.29, 0.717) is 12.1 Å². The minimum atomic E-state index is 0.418. The van der Waals surface area contributed by atoms with E-state index in [4.69, 9.17) is 17.3 Å². The van der Waals surface area contributed by atoms with Crippen LogP contribution in [0, 0.1) is 0 Å². The van der Waals surface area contributed by atoms with Crippen molar-refractivity contribution in [2.75, 3.05) is 11.9 Å². The molecule has 2 nitrogen and oxygen atoms in total. The molecule has 1 heterocycles. The van der Waals surface area contributed by atoms with Crippen molar-refractivity contribution in [1.82, 2.24) is 0 Å². The van der Waals surface area contributed by atoms with Gasteiger partial charge in [-0.3, -0.25) is 0 Å². The molecule has 1 aliphatic rings. The van der Waals surface area contributed by atoms with Crippen molar-refractivity contribution in [3.8, 4) is 0 Å². The third-order valence-electron chi connectivity index (χ3n) is 3.20. The molecular weight excluding hydrogens is 228 g/mol. The number of nitrogens with zero attached hydrogens (tertiary/aromatic N) is 1. The highest BCUT2D eigenvalue weighted by Crippen LogP contribution is 2.32. The molecule has 0 atom stereocenters. The predicted octanol–water partition coefficient (Wildman–Crippen LogP) is 3.11. The van der Waals surface area contributed by atoms with Crippen LogP contribution in [-0.2, 0) is 0 Å². The molecule has 0 radical (unpaired) electrons. The maximum Gasteiger partial charge on any atom is 0.0950 e. The lowest BCUT2D eigenvalue weighted by Gasteiger charge is -2.34. The van der Waals surface area contributed by atoms with Crippen LogP contribution in [0.4, 0.5) is 5.00 Å². The zero-order chi connectivity index (χ0) is 10.8. The van der Waals surface area contributed by atoms with E-state index >= 15 is 0 Å². The van der Waals surface area contributed by atoms with E-state index in [1.165, 1.54) is 17.8 Å². The second-order valence-electron chi connectivity index (χ2n) is 4.26. The Kier molecular flexibility index (Phi) is 3.54. The molecule has 0 unspecified atom stereocenters. The van der Waals surface area contributed by atoms with Crippen LogP contribution in [0.25, 0.3) is 0 Å². The fraction of sp³-hybridized carbons (Fsp3) is 0.636. The summed E-state index contributed by atoms with van der Waals surface area (Å²) in [6.07, 6.45) is 4.70. The molecule has 1 aromatic rings. The highest BCUT2D eigenvalue weighted by molar-refractivity contribution is 7.19. The molecule has 0 aromatic carbocycles. The topological polar surface area (TPSA) is 29.3 Å². The number of hydrogen-bond acceptors (Lipinski definition) is 3. The second kappa shape index (κ2) is 4.73. The molecule has 1 saturated carbocycles. The molecule has 2 rings (SSSR count). The molecule has 0 bridgehead atoms. The van der Waals surface area contributed by atoms with E-state index < -0.39 is 0 Å². The summed E-state index contributed by atoms with van der Waals surface area (Å²) in [7, 11) is 2.16. The average Bonchev–Trinajstić information content (AvgIpc) is 2.65. The van der Waals surface area contributed by atoms with Crippen molar-refractivity contribution < 1.29 is 0 Å². The molecule has 1 aromatic heterocycles. The van der Waals surface area contributed by atoms with Crippen LogP contribution in [0.3, 0.4) is 0 Å². The zero-order valence-electron chi connectivity index (χ0n) is 8.95. The smallest absolute Gasteiger partial charge is 0.0950 e. The van der Waals surface area contributed by atoms with Crippen LogP contribution in [0.15, 0.2) is 12.1 Å². The normalized spacial score (nSPS) is 26.6. The average molecular weight is 245 g/mol. The van der Waals surface area contributed by atoms with E-state index in [-0.39, 0.29) is 0 Å². The standard InChI is InChI=1S/C11H17ClN2S/c1-14(11-7-6-10(12)15-11)9-4-2-8(13)3-5-9/h6-9H,2-5,13H2,1H3. The molecule has 4 heteroatoms. The molecule has 2 N–H and O–H groups in total. The molecule has 0 saturated heterocycles. The first-order valence-corrected chi connectivity index (χ1v) is 6.60. The first kappa shape index (κ1) is 11.2. The molecule has 1 fully saturated rings. The number of anilines is 1. The van der Waals surface area contributed by atoms with Crippen molar-refractivity contribution in [1.29, 1.82) is 0 Å². The summed E-state index contributed by atoms with van der Waals surface area (Å²) in [6.45, 7) is 0. The van der Waals surface area contributed by atoms with Crippen LogP contribution in [0.1, 0.15) is 25.7 Å². The minimum absolute atomic E-state index is 0.418. The Hall–Kier alpha value is -0.250. The lowest BCUT2D eigenvalue weighted by molar-refractivity contribution is 0.386. The van der Waals surface area contributed by atoms with Crippen molar-refractivity contribution in [3.63, 3.8) is 0 Å². The first-order chi connectivity index (χ1) is 7.16. The molecule has 0 amide bonds. The molecule has 0 spiro atoms. The van der Waals surface area contributed by atoms with E-state index in [1.807, 2.05) is 6.07 Å². The van der Waals surface area contributed by atoms with Crippen LogP contribution in [0.2, 0.25) is 4.34 Å². The van der Waals surface area contributed by atoms with E-state index in [2.05, 4.69) is 18.0 Å². The maximum absolute atomic E-state index is 5.94. The zero-order valence-corrected chi connectivity index (χ0v) is 10.5. The Labute approximate surface area is 100 Å². The lowest BCUT2D eigenvalue weighted by atomic mass is 9.91. The van der Waals surface area contributed by atoms with Crippen molar-refractivity contribution in [3.05, 3.63) is 16.5 Å². The SMILES string of the molecule is CN(c1ccc(Cl)s1)C1CCC(N)CC1. The second-order valence-corrected chi connectivity index (χ2v) is 5.95. The van der Waals surface area contributed by atoms with Gasteiger partial charge in [0.1, 0.15) is 0 Å². The Morgan fingerprint density at radius 3 is 2.53 bits per heavy atom. The largest absolute Gasteiger partial charge is 0.363 e. The number of halogens is 1. The third kappa shape index (κ3) is 2.65. The highest BCUT2D eigenvalue weighted by Gasteiger charge is 2.22. The number of thiophene rings is 1. The van der Waals surface area contributed by atoms with Gasteiger partial charge in [0.15, 0.2) is 0 Å². The van der Waals surface area contributed by atoms with Crippen molar-refractivity contribution >= 4 is 27.9 Å². The number of nitrogens with two attached hydrogens (primary N) is 1. The summed E-state index contributed by atoms with van der Waals surface area (Å²) in [5.74, 6) is 0. The van der Waals surface area contributed by atoms with Gasteiger partial charge < -0.3 is 10.6 Å². The van der Waals surface area contributed by atoms with Gasteiger partial charge in [-0.2, -0.15) is 0 Å². The van der Waals surface area contributed by atoms with Gasteiger partial charge in [0.05, 0.1) is 9.34 Å². The first-order valence-electron chi connectivity index (χ1n) is 5.40. The third-order valence-corrected chi connectivity index (χ3v) is 4.52. The number of hydrogen-bond donors (Lipinski definition) is 1. The Balaban J connectivity index is 1.99. The lowest BCUT2D eigenvalue weighted by Crippen LogP contribution is -2.38. The van der Waals surface area contributed by atoms with Gasteiger partial charge in [-0.1, -0.05) is 11.6 Å². The van der Waals surface area contributed by atoms with Crippen LogP contribution in [0.5, 0.6) is 0 Å². The summed E-state index contributed by atoms with van der Waals surface area (Å²) in [5.41, 5.74) is 5.90. The fourth-order valence-electron chi connectivity index (χ4n) is 2.16. The van der Waals surface area contributed by atoms with E-state index in [1.54, 1.807) is 11.3 Å². The number of rotatable bonds is 2. The van der Waals surface area contributed by atoms with Gasteiger partial charge in [0.25, 0.3) is 0 Å². The quantitative estimate of drug-likeness (QED) is 0.866. The van der Waals surface area contributed by atoms with Gasteiger partial charge in [0, 0.05) is 19.1 Å². The fourth-order valence-corrected chi connectivity index (χ4v) is 3.23. The molecule has 1 aliphatic carbocycles. The monoisotopic (exact) mass is 244 g/mol. The summed E-state index contributed by atoms with van der Waals surface area (Å²) in [6, 6.07) is 5.12. The van der Waals surface area contributed by atoms with Gasteiger partial charge in [-0.15, -0.1) is 11.3 Å². The van der Waals surface area contributed by atoms with Crippen molar-refractivity contribution in [2.24, 2.45) is 5.73 Å². The van der Waals surface area contributed by atoms with Gasteiger partial charge in [-0.25, -0.2) is 0 Å². The van der Waals surface area contributed by atoms with E-state index in [0.717, 1.165) is 17.2 Å². The molecule has 84 valence electrons. The van der Waals surface area contributed by atoms with Gasteiger partial charge in [0.2, 0.25) is 0 Å². The predicted molar refractivity (Wildman–Crippen MR) is 68.0 cm³/mol. The van der Waals surface area contributed by atoms with E-state index in [9.17, 15) is 0 Å². The summed E-state index contributed by atoms with van der Waals surface area (Å²) in [5, 5.41) is 1.26. The Bertz CT molecular complexity index is 318. The van der Waals surface area contributed by atoms with Crippen molar-refractivity contribution in [2.45, 2.75) is 37.8 Å². The van der Waals surface area contributed by atoms with Crippen LogP contribution >= 0.6 is 22.9 Å². The maximum atomic E-state index is 5.94. The Morgan fingerprint density at radius 1 is 1.33 bits per heavy atom. The molecule has 0 aliphatic heterocycles. The van der Waals surface area contributed by atoms with Gasteiger partial charge in [-0.05, 0) is 37.8 Å². The van der Waals surface area contributed by atoms with Crippen LogP contribution < -0.4 is 10.6 Å². The van der Waals surface area contributed by atoms with Gasteiger partial charge >= 0.3 is 0 Å². The van der Waals surface area contributed by atoms with Crippen LogP contribution in [-0.4, -0.2) is 19.1 Å². The molecular formula is C11H17ClN2S. The summed E-state index contributed by atoms with van der Waals surface area (Å²) >= 11 is 7.59. The minimum Gasteiger partial charge on any atom is -0.363 e. The highest BCUT2D eigenvalue weighted by atomic mass is 35.5.